The summed E-state index contributed by atoms with van der Waals surface area (Å²) in [6.45, 7) is 2.20. The highest BCUT2D eigenvalue weighted by molar-refractivity contribution is 7.15. The van der Waals surface area contributed by atoms with Crippen molar-refractivity contribution in [2.24, 2.45) is 0 Å². The van der Waals surface area contributed by atoms with Crippen LogP contribution in [-0.2, 0) is 6.42 Å². The lowest BCUT2D eigenvalue weighted by molar-refractivity contribution is 0.0651. The molecular weight excluding hydrogens is 578 g/mol. The van der Waals surface area contributed by atoms with Gasteiger partial charge in [-0.1, -0.05) is 32.3 Å². The van der Waals surface area contributed by atoms with Crippen LogP contribution < -0.4 is 0 Å². The number of hydrogen-bond acceptors (Lipinski definition) is 7. The van der Waals surface area contributed by atoms with E-state index in [1.165, 1.54) is 60.7 Å². The van der Waals surface area contributed by atoms with Gasteiger partial charge in [-0.05, 0) is 90.2 Å². The van der Waals surface area contributed by atoms with Crippen molar-refractivity contribution in [3.8, 4) is 44.3 Å². The third-order valence-corrected chi connectivity index (χ3v) is 8.35. The molecule has 0 saturated carbocycles. The van der Waals surface area contributed by atoms with Gasteiger partial charge >= 0.3 is 17.9 Å². The van der Waals surface area contributed by atoms with Crippen molar-refractivity contribution in [3.05, 3.63) is 101 Å². The molecule has 0 aliphatic heterocycles. The van der Waals surface area contributed by atoms with E-state index >= 15 is 0 Å². The summed E-state index contributed by atoms with van der Waals surface area (Å²) in [5, 5.41) is 28.7. The van der Waals surface area contributed by atoms with Gasteiger partial charge in [0.1, 0.15) is 0 Å². The summed E-state index contributed by atoms with van der Waals surface area (Å²) in [4.78, 5) is 51.3. The van der Waals surface area contributed by atoms with Crippen molar-refractivity contribution in [2.45, 2.75) is 39.0 Å². The average molecular weight is 608 g/mol. The van der Waals surface area contributed by atoms with E-state index in [1.807, 2.05) is 12.1 Å². The molecule has 0 amide bonds. The molecule has 0 aliphatic rings. The minimum Gasteiger partial charge on any atom is -0.478 e. The van der Waals surface area contributed by atoms with Crippen molar-refractivity contribution in [2.75, 3.05) is 0 Å². The Morgan fingerprint density at radius 3 is 2.00 bits per heavy atom. The molecule has 0 atom stereocenters. The fourth-order valence-electron chi connectivity index (χ4n) is 4.87. The average Bonchev–Trinajstić information content (AvgIpc) is 3.52. The number of carboxylic acid groups (broad SMARTS) is 3. The molecular formula is C34H29N3O6S. The number of nitrogens with zero attached hydrogens (tertiary/aromatic N) is 3. The van der Waals surface area contributed by atoms with Crippen LogP contribution >= 0.6 is 11.3 Å². The fraction of sp³-hybridized carbons (Fsp3) is 0.176. The number of unbranched alkanes of at least 4 members (excludes halogenated alkanes) is 3. The number of aromatic nitrogens is 3. The predicted octanol–water partition coefficient (Wildman–Crippen LogP) is 7.82. The largest absolute Gasteiger partial charge is 0.478 e. The standard InChI is InChI=1S/C34H29N3O6S/c1-2-3-4-5-6-24-8-10-31(44-24)21-11-13-35-27(16-21)29-18-23(20-7-9-25(33(40)41)26(15-20)34(42)43)19-30(37-29)28-17-22(32(38)39)12-14-36-28/h7-19H,2-6H2,1H3,(H,38,39)(H,40,41)(H,42,43). The highest BCUT2D eigenvalue weighted by Crippen LogP contribution is 2.34. The Bertz CT molecular complexity index is 1870. The molecule has 222 valence electrons. The molecule has 0 aliphatic carbocycles. The Labute approximate surface area is 257 Å². The molecule has 10 heteroatoms. The maximum Gasteiger partial charge on any atom is 0.336 e. The molecule has 1 aromatic carbocycles. The molecule has 44 heavy (non-hydrogen) atoms. The molecule has 0 radical (unpaired) electrons. The Balaban J connectivity index is 1.60. The van der Waals surface area contributed by atoms with E-state index in [9.17, 15) is 29.7 Å². The highest BCUT2D eigenvalue weighted by Gasteiger charge is 2.19. The van der Waals surface area contributed by atoms with E-state index in [0.29, 0.717) is 33.9 Å². The molecule has 0 spiro atoms. The van der Waals surface area contributed by atoms with Crippen LogP contribution in [0.4, 0.5) is 0 Å². The first-order valence-corrected chi connectivity index (χ1v) is 14.9. The second-order valence-electron chi connectivity index (χ2n) is 10.2. The van der Waals surface area contributed by atoms with Gasteiger partial charge in [-0.2, -0.15) is 0 Å². The van der Waals surface area contributed by atoms with Gasteiger partial charge in [0.05, 0.1) is 39.5 Å². The van der Waals surface area contributed by atoms with Crippen molar-refractivity contribution >= 4 is 29.2 Å². The minimum atomic E-state index is -1.37. The minimum absolute atomic E-state index is 0.0334. The topological polar surface area (TPSA) is 151 Å². The first-order valence-electron chi connectivity index (χ1n) is 14.1. The quantitative estimate of drug-likeness (QED) is 0.121. The highest BCUT2D eigenvalue weighted by atomic mass is 32.1. The number of carbonyl (C=O) groups is 3. The van der Waals surface area contributed by atoms with Gasteiger partial charge in [0, 0.05) is 22.1 Å². The van der Waals surface area contributed by atoms with Crippen LogP contribution in [0.5, 0.6) is 0 Å². The summed E-state index contributed by atoms with van der Waals surface area (Å²) in [5.41, 5.74) is 2.94. The Morgan fingerprint density at radius 2 is 1.32 bits per heavy atom. The van der Waals surface area contributed by atoms with Crippen molar-refractivity contribution < 1.29 is 29.7 Å². The van der Waals surface area contributed by atoms with Gasteiger partial charge < -0.3 is 15.3 Å². The van der Waals surface area contributed by atoms with Crippen LogP contribution in [0, 0.1) is 0 Å². The lowest BCUT2D eigenvalue weighted by atomic mass is 9.97. The smallest absolute Gasteiger partial charge is 0.336 e. The molecule has 5 rings (SSSR count). The van der Waals surface area contributed by atoms with Crippen LogP contribution in [0.2, 0.25) is 0 Å². The Hall–Kier alpha value is -5.22. The molecule has 4 aromatic heterocycles. The molecule has 0 fully saturated rings. The molecule has 4 heterocycles. The zero-order valence-corrected chi connectivity index (χ0v) is 24.7. The second kappa shape index (κ2) is 13.4. The normalized spacial score (nSPS) is 10.9. The second-order valence-corrected chi connectivity index (χ2v) is 11.4. The lowest BCUT2D eigenvalue weighted by Crippen LogP contribution is -2.08. The molecule has 0 saturated heterocycles. The number of hydrogen-bond donors (Lipinski definition) is 3. The first-order chi connectivity index (χ1) is 21.2. The molecule has 5 aromatic rings. The fourth-order valence-corrected chi connectivity index (χ4v) is 5.91. The van der Waals surface area contributed by atoms with Gasteiger partial charge in [-0.3, -0.25) is 9.97 Å². The van der Waals surface area contributed by atoms with Gasteiger partial charge in [0.2, 0.25) is 0 Å². The number of carboxylic acids is 3. The summed E-state index contributed by atoms with van der Waals surface area (Å²) >= 11 is 1.74. The van der Waals surface area contributed by atoms with Crippen LogP contribution in [-0.4, -0.2) is 48.2 Å². The van der Waals surface area contributed by atoms with Gasteiger partial charge in [0.25, 0.3) is 0 Å². The maximum atomic E-state index is 11.9. The zero-order chi connectivity index (χ0) is 31.2. The third-order valence-electron chi connectivity index (χ3n) is 7.15. The number of benzene rings is 1. The molecule has 0 bridgehead atoms. The number of pyridine rings is 3. The van der Waals surface area contributed by atoms with Gasteiger partial charge in [-0.25, -0.2) is 19.4 Å². The van der Waals surface area contributed by atoms with Crippen molar-refractivity contribution in [3.63, 3.8) is 0 Å². The monoisotopic (exact) mass is 607 g/mol. The predicted molar refractivity (Wildman–Crippen MR) is 168 cm³/mol. The van der Waals surface area contributed by atoms with Crippen LogP contribution in [0.25, 0.3) is 44.3 Å². The van der Waals surface area contributed by atoms with E-state index in [0.717, 1.165) is 23.3 Å². The third kappa shape index (κ3) is 6.87. The molecule has 3 N–H and O–H groups in total. The summed E-state index contributed by atoms with van der Waals surface area (Å²) in [6, 6.07) is 18.4. The SMILES string of the molecule is CCCCCCc1ccc(-c2ccnc(-c3cc(-c4ccc(C(=O)O)c(C(=O)O)c4)cc(-c4cc(C(=O)O)ccn4)n3)c2)s1. The summed E-state index contributed by atoms with van der Waals surface area (Å²) < 4.78 is 0. The van der Waals surface area contributed by atoms with Crippen molar-refractivity contribution in [1.82, 2.24) is 15.0 Å². The summed E-state index contributed by atoms with van der Waals surface area (Å²) in [5.74, 6) is -3.83. The lowest BCUT2D eigenvalue weighted by Gasteiger charge is -2.12. The van der Waals surface area contributed by atoms with Crippen molar-refractivity contribution in [1.29, 1.82) is 0 Å². The number of rotatable bonds is 12. The van der Waals surface area contributed by atoms with Crippen LogP contribution in [0.3, 0.4) is 0 Å². The van der Waals surface area contributed by atoms with Gasteiger partial charge in [0.15, 0.2) is 0 Å². The Morgan fingerprint density at radius 1 is 0.636 bits per heavy atom. The van der Waals surface area contributed by atoms with E-state index < -0.39 is 17.9 Å². The van der Waals surface area contributed by atoms with Crippen LogP contribution in [0.1, 0.15) is 68.6 Å². The number of aromatic carboxylic acids is 3. The summed E-state index contributed by atoms with van der Waals surface area (Å²) in [6.07, 6.45) is 8.92. The van der Waals surface area contributed by atoms with Gasteiger partial charge in [-0.15, -0.1) is 11.3 Å². The molecule has 9 nitrogen and oxygen atoms in total. The number of thiophene rings is 1. The number of aryl methyl sites for hydroxylation is 1. The van der Waals surface area contributed by atoms with E-state index in [1.54, 1.807) is 29.7 Å². The summed E-state index contributed by atoms with van der Waals surface area (Å²) in [7, 11) is 0. The van der Waals surface area contributed by atoms with E-state index in [2.05, 4.69) is 29.0 Å². The Kier molecular flexibility index (Phi) is 9.20. The van der Waals surface area contributed by atoms with E-state index in [-0.39, 0.29) is 16.7 Å². The maximum absolute atomic E-state index is 11.9. The zero-order valence-electron chi connectivity index (χ0n) is 23.9. The molecule has 0 unspecified atom stereocenters. The van der Waals surface area contributed by atoms with E-state index in [4.69, 9.17) is 4.98 Å². The van der Waals surface area contributed by atoms with Crippen LogP contribution in [0.15, 0.2) is 79.1 Å². The first kappa shape index (κ1) is 30.2.